The lowest BCUT2D eigenvalue weighted by Crippen LogP contribution is -2.50. The summed E-state index contributed by atoms with van der Waals surface area (Å²) in [5.41, 5.74) is 1.02. The van der Waals surface area contributed by atoms with Crippen molar-refractivity contribution in [2.75, 3.05) is 32.1 Å². The molecule has 1 aliphatic rings. The van der Waals surface area contributed by atoms with Crippen LogP contribution in [0.4, 0.5) is 10.7 Å². The normalized spacial score (nSPS) is 16.7. The number of rotatable bonds is 3. The van der Waals surface area contributed by atoms with Crippen LogP contribution in [0.25, 0.3) is 5.52 Å². The standard InChI is InChI=1S/C14H18N4O2/c1-14(9-20-10-14)8-17(2)13(19)16-12-15-7-11-5-3-4-6-18(11)12/h3-7H,8-10H2,1-2H3,(H,15,16,19). The van der Waals surface area contributed by atoms with E-state index in [0.717, 1.165) is 5.52 Å². The van der Waals surface area contributed by atoms with Crippen LogP contribution < -0.4 is 5.32 Å². The average molecular weight is 274 g/mol. The van der Waals surface area contributed by atoms with Crippen LogP contribution in [0.5, 0.6) is 0 Å². The highest BCUT2D eigenvalue weighted by Gasteiger charge is 2.35. The van der Waals surface area contributed by atoms with Crippen molar-refractivity contribution < 1.29 is 9.53 Å². The number of aromatic nitrogens is 2. The summed E-state index contributed by atoms with van der Waals surface area (Å²) in [6.07, 6.45) is 3.61. The van der Waals surface area contributed by atoms with Gasteiger partial charge in [-0.3, -0.25) is 9.72 Å². The highest BCUT2D eigenvalue weighted by atomic mass is 16.5. The van der Waals surface area contributed by atoms with E-state index in [1.165, 1.54) is 0 Å². The number of carbonyl (C=O) groups is 1. The lowest BCUT2D eigenvalue weighted by molar-refractivity contribution is -0.108. The average Bonchev–Trinajstić information content (AvgIpc) is 2.80. The van der Waals surface area contributed by atoms with Gasteiger partial charge in [-0.1, -0.05) is 13.0 Å². The second-order valence-electron chi connectivity index (χ2n) is 5.67. The van der Waals surface area contributed by atoms with Crippen molar-refractivity contribution in [1.29, 1.82) is 0 Å². The van der Waals surface area contributed by atoms with Crippen LogP contribution in [0.1, 0.15) is 6.92 Å². The van der Waals surface area contributed by atoms with Crippen molar-refractivity contribution >= 4 is 17.5 Å². The molecule has 6 nitrogen and oxygen atoms in total. The Hall–Kier alpha value is -2.08. The number of carbonyl (C=O) groups excluding carboxylic acids is 1. The first-order chi connectivity index (χ1) is 9.57. The molecule has 0 saturated carbocycles. The summed E-state index contributed by atoms with van der Waals surface area (Å²) < 4.78 is 7.05. The number of hydrogen-bond donors (Lipinski definition) is 1. The van der Waals surface area contributed by atoms with Crippen molar-refractivity contribution in [3.05, 3.63) is 30.6 Å². The molecule has 0 radical (unpaired) electrons. The molecule has 0 bridgehead atoms. The number of anilines is 1. The monoisotopic (exact) mass is 274 g/mol. The third kappa shape index (κ3) is 2.34. The molecule has 0 spiro atoms. The van der Waals surface area contributed by atoms with Crippen molar-refractivity contribution in [1.82, 2.24) is 14.3 Å². The van der Waals surface area contributed by atoms with Gasteiger partial charge in [-0.2, -0.15) is 0 Å². The maximum absolute atomic E-state index is 12.2. The molecule has 0 aromatic carbocycles. The molecule has 6 heteroatoms. The number of nitrogens with zero attached hydrogens (tertiary/aromatic N) is 3. The zero-order chi connectivity index (χ0) is 14.2. The second-order valence-corrected chi connectivity index (χ2v) is 5.67. The summed E-state index contributed by atoms with van der Waals surface area (Å²) >= 11 is 0. The van der Waals surface area contributed by atoms with E-state index in [0.29, 0.717) is 25.7 Å². The van der Waals surface area contributed by atoms with E-state index in [1.54, 1.807) is 18.1 Å². The Bertz CT molecular complexity index is 633. The molecule has 2 aromatic heterocycles. The molecule has 0 unspecified atom stereocenters. The number of imidazole rings is 1. The number of amides is 2. The first-order valence-electron chi connectivity index (χ1n) is 6.59. The number of ether oxygens (including phenoxy) is 1. The zero-order valence-corrected chi connectivity index (χ0v) is 11.7. The van der Waals surface area contributed by atoms with Gasteiger partial charge < -0.3 is 9.64 Å². The first-order valence-corrected chi connectivity index (χ1v) is 6.59. The molecule has 2 amide bonds. The minimum Gasteiger partial charge on any atom is -0.380 e. The molecule has 2 aromatic rings. The predicted octanol–water partition coefficient (Wildman–Crippen LogP) is 1.83. The van der Waals surface area contributed by atoms with Crippen LogP contribution in [0.3, 0.4) is 0 Å². The van der Waals surface area contributed by atoms with Gasteiger partial charge in [-0.15, -0.1) is 0 Å². The third-order valence-corrected chi connectivity index (χ3v) is 3.52. The molecule has 1 fully saturated rings. The molecule has 3 rings (SSSR count). The minimum atomic E-state index is -0.158. The second kappa shape index (κ2) is 4.79. The summed E-state index contributed by atoms with van der Waals surface area (Å²) in [7, 11) is 1.79. The fourth-order valence-corrected chi connectivity index (χ4v) is 2.41. The summed E-state index contributed by atoms with van der Waals surface area (Å²) in [6, 6.07) is 5.63. The molecule has 3 heterocycles. The topological polar surface area (TPSA) is 58.9 Å². The van der Waals surface area contributed by atoms with Crippen LogP contribution in [-0.4, -0.2) is 47.1 Å². The van der Waals surface area contributed by atoms with Crippen LogP contribution in [-0.2, 0) is 4.74 Å². The van der Waals surface area contributed by atoms with Crippen LogP contribution in [0.2, 0.25) is 0 Å². The van der Waals surface area contributed by atoms with Gasteiger partial charge in [0.15, 0.2) is 0 Å². The van der Waals surface area contributed by atoms with Gasteiger partial charge >= 0.3 is 6.03 Å². The minimum absolute atomic E-state index is 0.0702. The number of urea groups is 1. The lowest BCUT2D eigenvalue weighted by atomic mass is 9.88. The van der Waals surface area contributed by atoms with E-state index in [9.17, 15) is 4.79 Å². The summed E-state index contributed by atoms with van der Waals surface area (Å²) in [4.78, 5) is 18.1. The predicted molar refractivity (Wildman–Crippen MR) is 75.8 cm³/mol. The van der Waals surface area contributed by atoms with Crippen LogP contribution in [0.15, 0.2) is 30.6 Å². The Morgan fingerprint density at radius 1 is 1.55 bits per heavy atom. The summed E-state index contributed by atoms with van der Waals surface area (Å²) in [5, 5.41) is 2.83. The van der Waals surface area contributed by atoms with Crippen LogP contribution in [0, 0.1) is 5.41 Å². The highest BCUT2D eigenvalue weighted by molar-refractivity contribution is 5.88. The molecule has 106 valence electrons. The Kier molecular flexibility index (Phi) is 3.10. The molecular weight excluding hydrogens is 256 g/mol. The van der Waals surface area contributed by atoms with Gasteiger partial charge in [-0.25, -0.2) is 9.78 Å². The molecule has 0 aliphatic carbocycles. The number of nitrogens with one attached hydrogen (secondary N) is 1. The van der Waals surface area contributed by atoms with Gasteiger partial charge in [-0.05, 0) is 12.1 Å². The fraction of sp³-hybridized carbons (Fsp3) is 0.429. The Balaban J connectivity index is 1.69. The maximum atomic E-state index is 12.2. The number of pyridine rings is 1. The lowest BCUT2D eigenvalue weighted by Gasteiger charge is -2.40. The Labute approximate surface area is 117 Å². The molecule has 20 heavy (non-hydrogen) atoms. The van der Waals surface area contributed by atoms with E-state index in [1.807, 2.05) is 28.8 Å². The van der Waals surface area contributed by atoms with E-state index in [2.05, 4.69) is 17.2 Å². The first kappa shape index (κ1) is 12.9. The van der Waals surface area contributed by atoms with E-state index >= 15 is 0 Å². The van der Waals surface area contributed by atoms with Gasteiger partial charge in [0, 0.05) is 25.2 Å². The van der Waals surface area contributed by atoms with E-state index < -0.39 is 0 Å². The van der Waals surface area contributed by atoms with Gasteiger partial charge in [0.2, 0.25) is 5.95 Å². The number of hydrogen-bond acceptors (Lipinski definition) is 3. The SMILES string of the molecule is CN(CC1(C)COC1)C(=O)Nc1ncc2ccccn12. The quantitative estimate of drug-likeness (QED) is 0.929. The smallest absolute Gasteiger partial charge is 0.323 e. The molecular formula is C14H18N4O2. The fourth-order valence-electron chi connectivity index (χ4n) is 2.41. The molecule has 1 saturated heterocycles. The van der Waals surface area contributed by atoms with Crippen molar-refractivity contribution in [3.8, 4) is 0 Å². The molecule has 0 atom stereocenters. The van der Waals surface area contributed by atoms with E-state index in [-0.39, 0.29) is 11.4 Å². The molecule has 1 N–H and O–H groups in total. The summed E-state index contributed by atoms with van der Waals surface area (Å²) in [5.74, 6) is 0.535. The summed E-state index contributed by atoms with van der Waals surface area (Å²) in [6.45, 7) is 4.20. The molecule has 1 aliphatic heterocycles. The Morgan fingerprint density at radius 2 is 2.35 bits per heavy atom. The van der Waals surface area contributed by atoms with Crippen molar-refractivity contribution in [2.24, 2.45) is 5.41 Å². The van der Waals surface area contributed by atoms with Crippen molar-refractivity contribution in [2.45, 2.75) is 6.92 Å². The third-order valence-electron chi connectivity index (χ3n) is 3.52. The van der Waals surface area contributed by atoms with Crippen LogP contribution >= 0.6 is 0 Å². The highest BCUT2D eigenvalue weighted by Crippen LogP contribution is 2.27. The van der Waals surface area contributed by atoms with E-state index in [4.69, 9.17) is 4.74 Å². The maximum Gasteiger partial charge on any atom is 0.323 e. The van der Waals surface area contributed by atoms with Gasteiger partial charge in [0.25, 0.3) is 0 Å². The van der Waals surface area contributed by atoms with Gasteiger partial charge in [0.1, 0.15) is 0 Å². The van der Waals surface area contributed by atoms with Gasteiger partial charge in [0.05, 0.1) is 24.9 Å². The zero-order valence-electron chi connectivity index (χ0n) is 11.7. The number of fused-ring (bicyclic) bond motifs is 1. The van der Waals surface area contributed by atoms with Crippen molar-refractivity contribution in [3.63, 3.8) is 0 Å². The largest absolute Gasteiger partial charge is 0.380 e. The Morgan fingerprint density at radius 3 is 3.05 bits per heavy atom.